The average Bonchev–Trinajstić information content (AvgIpc) is 3.18. The standard InChI is InChI=1S/C13H20N2O2S3/c1-18-12-10-15(9-11(12)14-6-2-3-7-14)20(16,17)13-5-4-8-19-13/h4-5,8,11-12H,2-3,6-7,9-10H2,1H3. The second-order valence-electron chi connectivity index (χ2n) is 5.34. The highest BCUT2D eigenvalue weighted by molar-refractivity contribution is 7.99. The minimum atomic E-state index is -3.29. The normalized spacial score (nSPS) is 29.2. The zero-order chi connectivity index (χ0) is 14.2. The van der Waals surface area contributed by atoms with E-state index in [9.17, 15) is 8.42 Å². The van der Waals surface area contributed by atoms with Crippen molar-refractivity contribution in [3.05, 3.63) is 17.5 Å². The van der Waals surface area contributed by atoms with Gasteiger partial charge >= 0.3 is 0 Å². The summed E-state index contributed by atoms with van der Waals surface area (Å²) in [7, 11) is -3.29. The highest BCUT2D eigenvalue weighted by atomic mass is 32.2. The van der Waals surface area contributed by atoms with Crippen molar-refractivity contribution >= 4 is 33.1 Å². The Bertz CT molecular complexity index is 538. The third-order valence-corrected chi connectivity index (χ3v) is 8.48. The first-order chi connectivity index (χ1) is 9.63. The lowest BCUT2D eigenvalue weighted by Gasteiger charge is -2.27. The number of hydrogen-bond acceptors (Lipinski definition) is 5. The first kappa shape index (κ1) is 14.8. The molecule has 0 saturated carbocycles. The molecule has 3 heterocycles. The third-order valence-electron chi connectivity index (χ3n) is 4.21. The number of rotatable bonds is 4. The second kappa shape index (κ2) is 5.96. The largest absolute Gasteiger partial charge is 0.298 e. The van der Waals surface area contributed by atoms with Crippen LogP contribution in [0.1, 0.15) is 12.8 Å². The molecule has 2 fully saturated rings. The molecule has 2 aliphatic heterocycles. The van der Waals surface area contributed by atoms with Crippen LogP contribution in [0.5, 0.6) is 0 Å². The first-order valence-corrected chi connectivity index (χ1v) is 10.5. The number of thioether (sulfide) groups is 1. The van der Waals surface area contributed by atoms with Crippen LogP contribution in [0.25, 0.3) is 0 Å². The molecule has 0 aliphatic carbocycles. The van der Waals surface area contributed by atoms with E-state index in [2.05, 4.69) is 11.2 Å². The van der Waals surface area contributed by atoms with Gasteiger partial charge < -0.3 is 0 Å². The van der Waals surface area contributed by atoms with E-state index in [-0.39, 0.29) is 0 Å². The molecule has 112 valence electrons. The smallest absolute Gasteiger partial charge is 0.252 e. The Morgan fingerprint density at radius 2 is 2.05 bits per heavy atom. The molecule has 2 unspecified atom stereocenters. The van der Waals surface area contributed by atoms with E-state index < -0.39 is 10.0 Å². The van der Waals surface area contributed by atoms with E-state index in [1.54, 1.807) is 28.2 Å². The van der Waals surface area contributed by atoms with Gasteiger partial charge in [0.15, 0.2) is 0 Å². The summed E-state index contributed by atoms with van der Waals surface area (Å²) < 4.78 is 27.4. The fraction of sp³-hybridized carbons (Fsp3) is 0.692. The SMILES string of the molecule is CSC1CN(S(=O)(=O)c2cccs2)CC1N1CCCC1. The summed E-state index contributed by atoms with van der Waals surface area (Å²) in [5.74, 6) is 0. The van der Waals surface area contributed by atoms with Crippen LogP contribution in [0.2, 0.25) is 0 Å². The van der Waals surface area contributed by atoms with Gasteiger partial charge in [0.1, 0.15) is 4.21 Å². The summed E-state index contributed by atoms with van der Waals surface area (Å²) in [6, 6.07) is 3.89. The van der Waals surface area contributed by atoms with Crippen LogP contribution >= 0.6 is 23.1 Å². The average molecular weight is 333 g/mol. The van der Waals surface area contributed by atoms with Crippen LogP contribution in [0, 0.1) is 0 Å². The molecular weight excluding hydrogens is 312 g/mol. The maximum atomic E-state index is 12.6. The number of thiophene rings is 1. The number of sulfonamides is 1. The van der Waals surface area contributed by atoms with E-state index in [1.807, 2.05) is 5.38 Å². The van der Waals surface area contributed by atoms with Gasteiger partial charge in [-0.25, -0.2) is 8.42 Å². The molecule has 0 N–H and O–H groups in total. The monoisotopic (exact) mass is 332 g/mol. The van der Waals surface area contributed by atoms with E-state index in [1.165, 1.54) is 24.2 Å². The van der Waals surface area contributed by atoms with E-state index in [0.717, 1.165) is 13.1 Å². The molecule has 0 spiro atoms. The topological polar surface area (TPSA) is 40.6 Å². The molecule has 0 amide bonds. The van der Waals surface area contributed by atoms with Gasteiger partial charge in [-0.05, 0) is 43.6 Å². The number of nitrogens with zero attached hydrogens (tertiary/aromatic N) is 2. The fourth-order valence-electron chi connectivity index (χ4n) is 3.11. The van der Waals surface area contributed by atoms with Crippen molar-refractivity contribution in [2.45, 2.75) is 28.3 Å². The third kappa shape index (κ3) is 2.66. The van der Waals surface area contributed by atoms with Crippen molar-refractivity contribution in [2.24, 2.45) is 0 Å². The maximum Gasteiger partial charge on any atom is 0.252 e. The highest BCUT2D eigenvalue weighted by Gasteiger charge is 2.42. The maximum absolute atomic E-state index is 12.6. The van der Waals surface area contributed by atoms with Crippen molar-refractivity contribution in [1.29, 1.82) is 0 Å². The number of likely N-dealkylation sites (tertiary alicyclic amines) is 1. The van der Waals surface area contributed by atoms with E-state index >= 15 is 0 Å². The molecule has 0 aromatic carbocycles. The summed E-state index contributed by atoms with van der Waals surface area (Å²) in [4.78, 5) is 2.48. The summed E-state index contributed by atoms with van der Waals surface area (Å²) in [5, 5.41) is 2.22. The quantitative estimate of drug-likeness (QED) is 0.845. The van der Waals surface area contributed by atoms with Crippen molar-refractivity contribution in [2.75, 3.05) is 32.4 Å². The second-order valence-corrected chi connectivity index (χ2v) is 9.53. The first-order valence-electron chi connectivity index (χ1n) is 6.93. The van der Waals surface area contributed by atoms with E-state index in [4.69, 9.17) is 0 Å². The van der Waals surface area contributed by atoms with Crippen molar-refractivity contribution in [3.8, 4) is 0 Å². The van der Waals surface area contributed by atoms with Gasteiger partial charge in [-0.3, -0.25) is 4.90 Å². The fourth-order valence-corrected chi connectivity index (χ4v) is 6.74. The van der Waals surface area contributed by atoms with Crippen LogP contribution in [0.15, 0.2) is 21.7 Å². The van der Waals surface area contributed by atoms with Crippen LogP contribution in [-0.2, 0) is 10.0 Å². The minimum absolute atomic E-state index is 0.377. The molecule has 2 saturated heterocycles. The van der Waals surface area contributed by atoms with Gasteiger partial charge in [0, 0.05) is 24.4 Å². The lowest BCUT2D eigenvalue weighted by molar-refractivity contribution is 0.254. The predicted molar refractivity (Wildman–Crippen MR) is 85.0 cm³/mol. The van der Waals surface area contributed by atoms with Gasteiger partial charge in [-0.2, -0.15) is 16.1 Å². The van der Waals surface area contributed by atoms with Crippen LogP contribution in [0.4, 0.5) is 0 Å². The Morgan fingerprint density at radius 3 is 2.65 bits per heavy atom. The predicted octanol–water partition coefficient (Wildman–Crippen LogP) is 1.95. The number of hydrogen-bond donors (Lipinski definition) is 0. The minimum Gasteiger partial charge on any atom is -0.298 e. The summed E-state index contributed by atoms with van der Waals surface area (Å²) in [6.45, 7) is 3.53. The van der Waals surface area contributed by atoms with Crippen molar-refractivity contribution in [3.63, 3.8) is 0 Å². The summed E-state index contributed by atoms with van der Waals surface area (Å²) >= 11 is 3.11. The molecule has 0 radical (unpaired) electrons. The molecule has 0 bridgehead atoms. The molecule has 3 rings (SSSR count). The Hall–Kier alpha value is -0.0800. The zero-order valence-electron chi connectivity index (χ0n) is 11.6. The Labute approximate surface area is 129 Å². The summed E-state index contributed by atoms with van der Waals surface area (Å²) in [5.41, 5.74) is 0. The molecule has 1 aromatic heterocycles. The molecule has 2 atom stereocenters. The van der Waals surface area contributed by atoms with Gasteiger partial charge in [0.25, 0.3) is 10.0 Å². The van der Waals surface area contributed by atoms with Crippen LogP contribution in [-0.4, -0.2) is 61.3 Å². The van der Waals surface area contributed by atoms with Crippen molar-refractivity contribution in [1.82, 2.24) is 9.21 Å². The molecule has 7 heteroatoms. The molecule has 20 heavy (non-hydrogen) atoms. The molecular formula is C13H20N2O2S3. The summed E-state index contributed by atoms with van der Waals surface area (Å²) in [6.07, 6.45) is 4.58. The van der Waals surface area contributed by atoms with Gasteiger partial charge in [-0.15, -0.1) is 11.3 Å². The Balaban J connectivity index is 1.79. The van der Waals surface area contributed by atoms with Crippen LogP contribution in [0.3, 0.4) is 0 Å². The van der Waals surface area contributed by atoms with Crippen LogP contribution < -0.4 is 0 Å². The van der Waals surface area contributed by atoms with Gasteiger partial charge in [-0.1, -0.05) is 6.07 Å². The Morgan fingerprint density at radius 1 is 1.30 bits per heavy atom. The van der Waals surface area contributed by atoms with Gasteiger partial charge in [0.05, 0.1) is 0 Å². The molecule has 4 nitrogen and oxygen atoms in total. The van der Waals surface area contributed by atoms with Gasteiger partial charge in [0.2, 0.25) is 0 Å². The van der Waals surface area contributed by atoms with E-state index in [0.29, 0.717) is 28.6 Å². The highest BCUT2D eigenvalue weighted by Crippen LogP contribution is 2.32. The Kier molecular flexibility index (Phi) is 4.42. The zero-order valence-corrected chi connectivity index (χ0v) is 14.0. The molecule has 2 aliphatic rings. The lowest BCUT2D eigenvalue weighted by Crippen LogP contribution is -2.40. The molecule has 1 aromatic rings. The van der Waals surface area contributed by atoms with Crippen molar-refractivity contribution < 1.29 is 8.42 Å². The lowest BCUT2D eigenvalue weighted by atomic mass is 10.2.